The molecule has 0 nitrogen and oxygen atoms in total. The van der Waals surface area contributed by atoms with Crippen molar-refractivity contribution in [1.82, 2.24) is 0 Å². The van der Waals surface area contributed by atoms with Crippen molar-refractivity contribution in [2.24, 2.45) is 0 Å². The number of benzene rings is 6. The van der Waals surface area contributed by atoms with Gasteiger partial charge in [0.25, 0.3) is 0 Å². The van der Waals surface area contributed by atoms with Crippen LogP contribution in [0.5, 0.6) is 0 Å². The lowest BCUT2D eigenvalue weighted by Crippen LogP contribution is -1.85. The fraction of sp³-hybridized carbons (Fsp3) is 0. The zero-order valence-electron chi connectivity index (χ0n) is 25.1. The van der Waals surface area contributed by atoms with Gasteiger partial charge in [0.05, 0.1) is 0 Å². The highest BCUT2D eigenvalue weighted by molar-refractivity contribution is 7.15. The lowest BCUT2D eigenvalue weighted by atomic mass is 9.93. The van der Waals surface area contributed by atoms with Crippen LogP contribution in [-0.4, -0.2) is 0 Å². The third kappa shape index (κ3) is 5.43. The highest BCUT2D eigenvalue weighted by Gasteiger charge is 2.18. The van der Waals surface area contributed by atoms with Gasteiger partial charge in [0.2, 0.25) is 0 Å². The van der Waals surface area contributed by atoms with Gasteiger partial charge in [0.15, 0.2) is 0 Å². The fourth-order valence-corrected chi connectivity index (χ4v) is 8.43. The maximum atomic E-state index is 2.30. The largest absolute Gasteiger partial charge is 0.142 e. The second-order valence-electron chi connectivity index (χ2n) is 11.3. The van der Waals surface area contributed by atoms with Gasteiger partial charge < -0.3 is 0 Å². The van der Waals surface area contributed by atoms with E-state index in [0.29, 0.717) is 0 Å². The van der Waals surface area contributed by atoms with E-state index in [9.17, 15) is 0 Å². The Hall–Kier alpha value is -5.28. The van der Waals surface area contributed by atoms with Gasteiger partial charge in [-0.3, -0.25) is 0 Å². The van der Waals surface area contributed by atoms with Crippen molar-refractivity contribution in [1.29, 1.82) is 0 Å². The molecule has 8 rings (SSSR count). The number of hydrogen-bond acceptors (Lipinski definition) is 2. The van der Waals surface area contributed by atoms with E-state index in [1.54, 1.807) is 0 Å². The number of thiophene rings is 2. The molecule has 2 aromatic heterocycles. The summed E-state index contributed by atoms with van der Waals surface area (Å²) in [6.45, 7) is 0. The summed E-state index contributed by atoms with van der Waals surface area (Å²) in [5, 5.41) is 4.61. The summed E-state index contributed by atoms with van der Waals surface area (Å²) in [6, 6.07) is 61.1. The Balaban J connectivity index is 1.13. The molecule has 0 spiro atoms. The molecule has 0 saturated carbocycles. The standard InChI is InChI=1S/C44H30S2/c1-5-13-33(14-6-1)39-29-45-43(41(39)35-17-9-3-10-18-35)37-25-21-31(22-26-37)32-23-27-38(28-24-32)44-42(36-19-11-4-12-20-36)40(30-46-44)34-15-7-2-8-16-34/h1-30H. The molecule has 6 aromatic carbocycles. The third-order valence-electron chi connectivity index (χ3n) is 8.50. The Morgan fingerprint density at radius 1 is 0.239 bits per heavy atom. The van der Waals surface area contributed by atoms with Gasteiger partial charge >= 0.3 is 0 Å². The van der Waals surface area contributed by atoms with E-state index < -0.39 is 0 Å². The molecular weight excluding hydrogens is 593 g/mol. The highest BCUT2D eigenvalue weighted by Crippen LogP contribution is 2.46. The van der Waals surface area contributed by atoms with Crippen molar-refractivity contribution >= 4 is 22.7 Å². The molecule has 0 aliphatic heterocycles. The van der Waals surface area contributed by atoms with Crippen molar-refractivity contribution in [3.05, 3.63) is 181 Å². The molecule has 218 valence electrons. The van der Waals surface area contributed by atoms with Crippen LogP contribution in [0, 0.1) is 0 Å². The maximum Gasteiger partial charge on any atom is 0.0427 e. The second kappa shape index (κ2) is 12.6. The van der Waals surface area contributed by atoms with Gasteiger partial charge in [-0.2, -0.15) is 0 Å². The van der Waals surface area contributed by atoms with Crippen LogP contribution in [0.25, 0.3) is 76.5 Å². The van der Waals surface area contributed by atoms with E-state index in [1.807, 2.05) is 22.7 Å². The van der Waals surface area contributed by atoms with E-state index in [1.165, 1.54) is 76.5 Å². The normalized spacial score (nSPS) is 11.0. The molecule has 0 radical (unpaired) electrons. The molecule has 0 bridgehead atoms. The molecule has 0 aliphatic carbocycles. The predicted octanol–water partition coefficient (Wildman–Crippen LogP) is 13.5. The number of rotatable bonds is 7. The van der Waals surface area contributed by atoms with Gasteiger partial charge in [-0.15, -0.1) is 22.7 Å². The van der Waals surface area contributed by atoms with Crippen LogP contribution in [0.4, 0.5) is 0 Å². The average molecular weight is 623 g/mol. The van der Waals surface area contributed by atoms with Gasteiger partial charge in [-0.05, 0) is 55.3 Å². The van der Waals surface area contributed by atoms with Crippen LogP contribution < -0.4 is 0 Å². The summed E-state index contributed by atoms with van der Waals surface area (Å²) in [7, 11) is 0. The van der Waals surface area contributed by atoms with Crippen LogP contribution in [0.15, 0.2) is 181 Å². The monoisotopic (exact) mass is 622 g/mol. The molecule has 0 saturated heterocycles. The predicted molar refractivity (Wildman–Crippen MR) is 200 cm³/mol. The smallest absolute Gasteiger partial charge is 0.0427 e. The van der Waals surface area contributed by atoms with E-state index in [0.717, 1.165) is 0 Å². The lowest BCUT2D eigenvalue weighted by Gasteiger charge is -2.11. The minimum atomic E-state index is 1.22. The molecule has 0 N–H and O–H groups in total. The summed E-state index contributed by atoms with van der Waals surface area (Å²) >= 11 is 3.64. The van der Waals surface area contributed by atoms with E-state index in [-0.39, 0.29) is 0 Å². The molecule has 2 heteroatoms. The van der Waals surface area contributed by atoms with Crippen molar-refractivity contribution in [3.8, 4) is 76.5 Å². The molecule has 0 aliphatic rings. The molecule has 2 heterocycles. The fourth-order valence-electron chi connectivity index (χ4n) is 6.21. The van der Waals surface area contributed by atoms with Gasteiger partial charge in [-0.1, -0.05) is 170 Å². The van der Waals surface area contributed by atoms with E-state index in [2.05, 4.69) is 181 Å². The lowest BCUT2D eigenvalue weighted by molar-refractivity contribution is 1.60. The third-order valence-corrected chi connectivity index (χ3v) is 10.6. The SMILES string of the molecule is c1ccc(-c2csc(-c3ccc(-c4ccc(-c5scc(-c6ccccc6)c5-c5ccccc5)cc4)cc3)c2-c2ccccc2)cc1. The van der Waals surface area contributed by atoms with Gasteiger partial charge in [0.1, 0.15) is 0 Å². The first-order valence-electron chi connectivity index (χ1n) is 15.5. The summed E-state index contributed by atoms with van der Waals surface area (Å²) in [6.07, 6.45) is 0. The molecule has 8 aromatic rings. The molecule has 0 amide bonds. The Morgan fingerprint density at radius 2 is 0.522 bits per heavy atom. The van der Waals surface area contributed by atoms with Crippen LogP contribution in [-0.2, 0) is 0 Å². The summed E-state index contributed by atoms with van der Waals surface area (Å²) < 4.78 is 0. The van der Waals surface area contributed by atoms with E-state index >= 15 is 0 Å². The van der Waals surface area contributed by atoms with Crippen LogP contribution in [0.3, 0.4) is 0 Å². The first-order chi connectivity index (χ1) is 22.8. The van der Waals surface area contributed by atoms with Crippen LogP contribution >= 0.6 is 22.7 Å². The summed E-state index contributed by atoms with van der Waals surface area (Å²) in [5.74, 6) is 0. The first-order valence-corrected chi connectivity index (χ1v) is 17.3. The molecular formula is C44H30S2. The average Bonchev–Trinajstić information content (AvgIpc) is 3.79. The summed E-state index contributed by atoms with van der Waals surface area (Å²) in [5.41, 5.74) is 15.1. The minimum absolute atomic E-state index is 1.22. The van der Waals surface area contributed by atoms with Crippen molar-refractivity contribution in [2.75, 3.05) is 0 Å². The number of hydrogen-bond donors (Lipinski definition) is 0. The topological polar surface area (TPSA) is 0 Å². The van der Waals surface area contributed by atoms with Gasteiger partial charge in [-0.25, -0.2) is 0 Å². The highest BCUT2D eigenvalue weighted by atomic mass is 32.1. The zero-order chi connectivity index (χ0) is 30.7. The van der Waals surface area contributed by atoms with Crippen molar-refractivity contribution < 1.29 is 0 Å². The first kappa shape index (κ1) is 28.2. The van der Waals surface area contributed by atoms with Crippen LogP contribution in [0.1, 0.15) is 0 Å². The quantitative estimate of drug-likeness (QED) is 0.166. The molecule has 0 unspecified atom stereocenters. The van der Waals surface area contributed by atoms with E-state index in [4.69, 9.17) is 0 Å². The minimum Gasteiger partial charge on any atom is -0.142 e. The Labute approximate surface area is 278 Å². The Bertz CT molecular complexity index is 2030. The summed E-state index contributed by atoms with van der Waals surface area (Å²) in [4.78, 5) is 2.60. The van der Waals surface area contributed by atoms with Crippen LogP contribution in [0.2, 0.25) is 0 Å². The van der Waals surface area contributed by atoms with Crippen molar-refractivity contribution in [2.45, 2.75) is 0 Å². The molecule has 0 atom stereocenters. The molecule has 46 heavy (non-hydrogen) atoms. The second-order valence-corrected chi connectivity index (χ2v) is 13.1. The Morgan fingerprint density at radius 3 is 0.848 bits per heavy atom. The van der Waals surface area contributed by atoms with Crippen molar-refractivity contribution in [3.63, 3.8) is 0 Å². The zero-order valence-corrected chi connectivity index (χ0v) is 26.8. The Kier molecular flexibility index (Phi) is 7.73. The maximum absolute atomic E-state index is 2.30. The van der Waals surface area contributed by atoms with Gasteiger partial charge in [0, 0.05) is 32.0 Å². The molecule has 0 fully saturated rings.